The van der Waals surface area contributed by atoms with Crippen LogP contribution in [0.4, 0.5) is 0 Å². The summed E-state index contributed by atoms with van der Waals surface area (Å²) in [5, 5.41) is 3.35. The van der Waals surface area contributed by atoms with E-state index in [2.05, 4.69) is 5.32 Å². The highest BCUT2D eigenvalue weighted by atomic mass is 32.2. The second-order valence-electron chi connectivity index (χ2n) is 8.24. The number of carbonyl (C=O) groups excluding carboxylic acids is 1. The van der Waals surface area contributed by atoms with E-state index >= 15 is 0 Å². The van der Waals surface area contributed by atoms with E-state index in [1.54, 1.807) is 42.5 Å². The number of aromatic nitrogens is 1. The zero-order valence-electron chi connectivity index (χ0n) is 18.9. The van der Waals surface area contributed by atoms with Crippen LogP contribution in [0.15, 0.2) is 87.4 Å². The van der Waals surface area contributed by atoms with Crippen LogP contribution in [-0.4, -0.2) is 25.7 Å². The van der Waals surface area contributed by atoms with Crippen LogP contribution in [0.3, 0.4) is 0 Å². The summed E-state index contributed by atoms with van der Waals surface area (Å²) in [7, 11) is -4.08. The van der Waals surface area contributed by atoms with E-state index in [0.29, 0.717) is 22.4 Å². The fraction of sp³-hybridized carbons (Fsp3) is 0.154. The molecule has 1 aliphatic heterocycles. The SMILES string of the molecule is Cc1ccc2c(c1)cc(S(=O)(=O)c1ccccc1)c(=O)n2CC(=O)NCc1ccc2c(c1)OCO2. The smallest absolute Gasteiger partial charge is 0.270 e. The zero-order chi connectivity index (χ0) is 24.6. The molecule has 0 saturated heterocycles. The first-order valence-electron chi connectivity index (χ1n) is 10.9. The van der Waals surface area contributed by atoms with Gasteiger partial charge in [-0.1, -0.05) is 35.9 Å². The fourth-order valence-corrected chi connectivity index (χ4v) is 5.40. The van der Waals surface area contributed by atoms with Crippen LogP contribution in [0.25, 0.3) is 10.9 Å². The van der Waals surface area contributed by atoms with Crippen LogP contribution in [0.1, 0.15) is 11.1 Å². The van der Waals surface area contributed by atoms with Gasteiger partial charge in [0.15, 0.2) is 11.5 Å². The maximum atomic E-state index is 13.4. The molecule has 0 radical (unpaired) electrons. The number of hydrogen-bond donors (Lipinski definition) is 1. The molecule has 1 N–H and O–H groups in total. The highest BCUT2D eigenvalue weighted by Crippen LogP contribution is 2.32. The fourth-order valence-electron chi connectivity index (χ4n) is 4.01. The van der Waals surface area contributed by atoms with Gasteiger partial charge in [0.2, 0.25) is 22.5 Å². The standard InChI is InChI=1S/C26H22N2O6S/c1-17-7-9-21-19(11-17)13-24(35(31,32)20-5-3-2-4-6-20)26(30)28(21)15-25(29)27-14-18-8-10-22-23(12-18)34-16-33-22/h2-13H,14-16H2,1H3,(H,27,29). The Morgan fingerprint density at radius 1 is 0.971 bits per heavy atom. The lowest BCUT2D eigenvalue weighted by Gasteiger charge is -2.14. The van der Waals surface area contributed by atoms with Gasteiger partial charge in [-0.15, -0.1) is 0 Å². The van der Waals surface area contributed by atoms with Gasteiger partial charge in [0.05, 0.1) is 10.4 Å². The number of sulfone groups is 1. The molecule has 1 amide bonds. The first kappa shape index (κ1) is 22.7. The topological polar surface area (TPSA) is 104 Å². The Morgan fingerprint density at radius 2 is 1.74 bits per heavy atom. The van der Waals surface area contributed by atoms with Gasteiger partial charge >= 0.3 is 0 Å². The summed E-state index contributed by atoms with van der Waals surface area (Å²) in [6.07, 6.45) is 0. The molecule has 0 bridgehead atoms. The predicted octanol–water partition coefficient (Wildman–Crippen LogP) is 3.19. The van der Waals surface area contributed by atoms with Crippen molar-refractivity contribution in [1.29, 1.82) is 0 Å². The van der Waals surface area contributed by atoms with Crippen LogP contribution in [0.5, 0.6) is 11.5 Å². The molecule has 2 heterocycles. The number of benzene rings is 3. The number of rotatable bonds is 6. The molecule has 4 aromatic rings. The lowest BCUT2D eigenvalue weighted by molar-refractivity contribution is -0.121. The molecule has 0 unspecified atom stereocenters. The number of nitrogens with one attached hydrogen (secondary N) is 1. The molecule has 1 aliphatic rings. The van der Waals surface area contributed by atoms with Crippen LogP contribution in [0.2, 0.25) is 0 Å². The van der Waals surface area contributed by atoms with Crippen molar-refractivity contribution in [3.63, 3.8) is 0 Å². The minimum Gasteiger partial charge on any atom is -0.454 e. The van der Waals surface area contributed by atoms with Gasteiger partial charge in [0.25, 0.3) is 5.56 Å². The Hall–Kier alpha value is -4.11. The third kappa shape index (κ3) is 4.38. The van der Waals surface area contributed by atoms with Gasteiger partial charge < -0.3 is 14.8 Å². The molecule has 35 heavy (non-hydrogen) atoms. The summed E-state index contributed by atoms with van der Waals surface area (Å²) in [5.74, 6) is 0.818. The first-order valence-corrected chi connectivity index (χ1v) is 12.4. The summed E-state index contributed by atoms with van der Waals surface area (Å²) in [5.41, 5.74) is 1.43. The summed E-state index contributed by atoms with van der Waals surface area (Å²) >= 11 is 0. The Morgan fingerprint density at radius 3 is 2.54 bits per heavy atom. The van der Waals surface area contributed by atoms with E-state index in [0.717, 1.165) is 11.1 Å². The molecular weight excluding hydrogens is 468 g/mol. The minimum absolute atomic E-state index is 0.0166. The first-order chi connectivity index (χ1) is 16.8. The Labute approximate surface area is 201 Å². The highest BCUT2D eigenvalue weighted by Gasteiger charge is 2.24. The lowest BCUT2D eigenvalue weighted by Crippen LogP contribution is -2.34. The quantitative estimate of drug-likeness (QED) is 0.445. The Balaban J connectivity index is 1.48. The normalized spacial score (nSPS) is 12.6. The van der Waals surface area contributed by atoms with Crippen LogP contribution >= 0.6 is 0 Å². The molecule has 0 fully saturated rings. The third-order valence-corrected chi connectivity index (χ3v) is 7.55. The number of carbonyl (C=O) groups is 1. The van der Waals surface area contributed by atoms with E-state index in [-0.39, 0.29) is 29.7 Å². The summed E-state index contributed by atoms with van der Waals surface area (Å²) in [4.78, 5) is 25.9. The molecular formula is C26H22N2O6S. The second-order valence-corrected chi connectivity index (χ2v) is 10.2. The third-order valence-electron chi connectivity index (χ3n) is 5.79. The molecule has 178 valence electrons. The van der Waals surface area contributed by atoms with Gasteiger partial charge in [-0.3, -0.25) is 14.2 Å². The number of nitrogens with zero attached hydrogens (tertiary/aromatic N) is 1. The van der Waals surface area contributed by atoms with E-state index in [1.165, 1.54) is 22.8 Å². The predicted molar refractivity (Wildman–Crippen MR) is 129 cm³/mol. The summed E-state index contributed by atoms with van der Waals surface area (Å²) in [6, 6.07) is 19.8. The second kappa shape index (κ2) is 8.92. The Kier molecular flexibility index (Phi) is 5.78. The monoisotopic (exact) mass is 490 g/mol. The van der Waals surface area contributed by atoms with Crippen LogP contribution < -0.4 is 20.3 Å². The van der Waals surface area contributed by atoms with Gasteiger partial charge in [-0.25, -0.2) is 8.42 Å². The van der Waals surface area contributed by atoms with Crippen molar-refractivity contribution in [1.82, 2.24) is 9.88 Å². The average molecular weight is 491 g/mol. The van der Waals surface area contributed by atoms with E-state index in [9.17, 15) is 18.0 Å². The number of fused-ring (bicyclic) bond motifs is 2. The molecule has 0 atom stereocenters. The molecule has 5 rings (SSSR count). The zero-order valence-corrected chi connectivity index (χ0v) is 19.7. The van der Waals surface area contributed by atoms with Crippen molar-refractivity contribution in [2.45, 2.75) is 29.8 Å². The van der Waals surface area contributed by atoms with Crippen molar-refractivity contribution >= 4 is 26.6 Å². The van der Waals surface area contributed by atoms with Crippen molar-refractivity contribution < 1.29 is 22.7 Å². The maximum Gasteiger partial charge on any atom is 0.270 e. The van der Waals surface area contributed by atoms with E-state index < -0.39 is 21.3 Å². The number of ether oxygens (including phenoxy) is 2. The van der Waals surface area contributed by atoms with Gasteiger partial charge in [-0.05, 0) is 55.0 Å². The van der Waals surface area contributed by atoms with Gasteiger partial charge in [0, 0.05) is 11.9 Å². The largest absolute Gasteiger partial charge is 0.454 e. The molecule has 1 aromatic heterocycles. The lowest BCUT2D eigenvalue weighted by atomic mass is 10.1. The van der Waals surface area contributed by atoms with Crippen molar-refractivity contribution in [3.8, 4) is 11.5 Å². The number of aryl methyl sites for hydroxylation is 1. The molecule has 0 aliphatic carbocycles. The van der Waals surface area contributed by atoms with E-state index in [1.807, 2.05) is 19.1 Å². The van der Waals surface area contributed by atoms with Gasteiger partial charge in [-0.2, -0.15) is 0 Å². The molecule has 0 saturated carbocycles. The molecule has 0 spiro atoms. The number of amides is 1. The maximum absolute atomic E-state index is 13.4. The molecule has 9 heteroatoms. The summed E-state index contributed by atoms with van der Waals surface area (Å²) < 4.78 is 38.4. The van der Waals surface area contributed by atoms with Crippen molar-refractivity contribution in [2.75, 3.05) is 6.79 Å². The Bertz CT molecular complexity index is 1610. The van der Waals surface area contributed by atoms with E-state index in [4.69, 9.17) is 9.47 Å². The van der Waals surface area contributed by atoms with Crippen molar-refractivity contribution in [2.24, 2.45) is 0 Å². The molecule has 3 aromatic carbocycles. The average Bonchev–Trinajstić information content (AvgIpc) is 3.32. The van der Waals surface area contributed by atoms with Crippen LogP contribution in [-0.2, 0) is 27.7 Å². The highest BCUT2D eigenvalue weighted by molar-refractivity contribution is 7.91. The minimum atomic E-state index is -4.08. The number of hydrogen-bond acceptors (Lipinski definition) is 6. The molecule has 8 nitrogen and oxygen atoms in total. The van der Waals surface area contributed by atoms with Crippen LogP contribution in [0, 0.1) is 6.92 Å². The van der Waals surface area contributed by atoms with Gasteiger partial charge in [0.1, 0.15) is 11.4 Å². The van der Waals surface area contributed by atoms with Crippen molar-refractivity contribution in [3.05, 3.63) is 94.3 Å². The summed E-state index contributed by atoms with van der Waals surface area (Å²) in [6.45, 7) is 1.91. The number of pyridine rings is 1.